The van der Waals surface area contributed by atoms with Crippen LogP contribution >= 0.6 is 45.2 Å². The number of halogens is 2. The summed E-state index contributed by atoms with van der Waals surface area (Å²) in [5.74, 6) is 0.127. The molecule has 100 valence electrons. The van der Waals surface area contributed by atoms with E-state index >= 15 is 0 Å². The summed E-state index contributed by atoms with van der Waals surface area (Å²) in [5.41, 5.74) is 1.27. The van der Waals surface area contributed by atoms with Crippen molar-refractivity contribution < 1.29 is 9.53 Å². The molecule has 1 aromatic carbocycles. The molecule has 0 saturated heterocycles. The van der Waals surface area contributed by atoms with Gasteiger partial charge in [-0.1, -0.05) is 30.3 Å². The average molecular weight is 472 g/mol. The second-order valence-electron chi connectivity index (χ2n) is 4.18. The van der Waals surface area contributed by atoms with Crippen LogP contribution in [0, 0.1) is 5.92 Å². The van der Waals surface area contributed by atoms with Crippen molar-refractivity contribution in [2.45, 2.75) is 28.3 Å². The number of alkyl halides is 2. The number of ketones is 1. The van der Waals surface area contributed by atoms with Gasteiger partial charge in [-0.15, -0.1) is 0 Å². The van der Waals surface area contributed by atoms with Crippen molar-refractivity contribution in [3.05, 3.63) is 35.9 Å². The second kappa shape index (κ2) is 7.79. The monoisotopic (exact) mass is 472 g/mol. The summed E-state index contributed by atoms with van der Waals surface area (Å²) in [5, 5.41) is 0. The fourth-order valence-corrected chi connectivity index (χ4v) is 3.98. The Hall–Kier alpha value is 0.310. The van der Waals surface area contributed by atoms with Gasteiger partial charge in [-0.2, -0.15) is 0 Å². The fourth-order valence-electron chi connectivity index (χ4n) is 1.86. The van der Waals surface area contributed by atoms with E-state index in [1.807, 2.05) is 25.1 Å². The van der Waals surface area contributed by atoms with E-state index in [1.54, 1.807) is 6.92 Å². The van der Waals surface area contributed by atoms with Crippen LogP contribution in [0.4, 0.5) is 0 Å². The zero-order valence-electron chi connectivity index (χ0n) is 10.7. The third kappa shape index (κ3) is 5.13. The Morgan fingerprint density at radius 3 is 2.44 bits per heavy atom. The van der Waals surface area contributed by atoms with Gasteiger partial charge in [0.05, 0.1) is 5.92 Å². The highest BCUT2D eigenvalue weighted by Crippen LogP contribution is 2.40. The molecule has 0 amide bonds. The van der Waals surface area contributed by atoms with E-state index < -0.39 is 1.61 Å². The van der Waals surface area contributed by atoms with Crippen LogP contribution in [0.15, 0.2) is 30.3 Å². The number of hydrogen-bond donors (Lipinski definition) is 0. The van der Waals surface area contributed by atoms with Crippen LogP contribution in [-0.4, -0.2) is 14.0 Å². The molecule has 0 radical (unpaired) electrons. The highest BCUT2D eigenvalue weighted by Gasteiger charge is 2.36. The second-order valence-corrected chi connectivity index (χ2v) is 9.45. The molecular weight excluding hydrogens is 454 g/mol. The van der Waals surface area contributed by atoms with Crippen molar-refractivity contribution in [1.29, 1.82) is 0 Å². The van der Waals surface area contributed by atoms with Crippen molar-refractivity contribution in [1.82, 2.24) is 0 Å². The fraction of sp³-hybridized carbons (Fsp3) is 0.500. The highest BCUT2D eigenvalue weighted by molar-refractivity contribution is 14.2. The van der Waals surface area contributed by atoms with Crippen molar-refractivity contribution in [2.75, 3.05) is 6.61 Å². The van der Waals surface area contributed by atoms with E-state index in [-0.39, 0.29) is 11.7 Å². The van der Waals surface area contributed by atoms with Gasteiger partial charge in [0.25, 0.3) is 0 Å². The molecule has 1 aromatic rings. The van der Waals surface area contributed by atoms with Crippen LogP contribution in [0.3, 0.4) is 0 Å². The van der Waals surface area contributed by atoms with Crippen LogP contribution in [-0.2, 0) is 16.0 Å². The number of ether oxygens (including phenoxy) is 1. The van der Waals surface area contributed by atoms with E-state index in [0.717, 1.165) is 12.8 Å². The number of benzene rings is 1. The Balaban J connectivity index is 2.67. The molecule has 1 rings (SSSR count). The maximum atomic E-state index is 11.8. The molecule has 0 heterocycles. The summed E-state index contributed by atoms with van der Waals surface area (Å²) in [4.78, 5) is 11.8. The lowest BCUT2D eigenvalue weighted by Crippen LogP contribution is -2.33. The molecule has 0 fully saturated rings. The van der Waals surface area contributed by atoms with Gasteiger partial charge in [-0.05, 0) is 77.4 Å². The number of Topliss-reactive ketones (excluding diaryl/α,β-unsaturated/α-hetero) is 1. The first-order chi connectivity index (χ1) is 8.47. The van der Waals surface area contributed by atoms with Gasteiger partial charge in [0.2, 0.25) is 0 Å². The summed E-state index contributed by atoms with van der Waals surface area (Å²) >= 11 is 4.48. The lowest BCUT2D eigenvalue weighted by Gasteiger charge is -2.28. The highest BCUT2D eigenvalue weighted by atomic mass is 127. The van der Waals surface area contributed by atoms with Crippen molar-refractivity contribution >= 4 is 51.0 Å². The zero-order chi connectivity index (χ0) is 13.6. The van der Waals surface area contributed by atoms with E-state index in [4.69, 9.17) is 4.74 Å². The summed E-state index contributed by atoms with van der Waals surface area (Å²) < 4.78 is 5.25. The van der Waals surface area contributed by atoms with Gasteiger partial charge in [0.15, 0.2) is 1.61 Å². The first-order valence-electron chi connectivity index (χ1n) is 6.03. The number of rotatable bonds is 7. The van der Waals surface area contributed by atoms with E-state index in [9.17, 15) is 4.79 Å². The molecule has 4 heteroatoms. The first-order valence-corrected chi connectivity index (χ1v) is 8.19. The maximum absolute atomic E-state index is 11.8. The Morgan fingerprint density at radius 1 is 1.33 bits per heavy atom. The smallest absolute Gasteiger partial charge is 0.179 e. The molecule has 0 aliphatic rings. The third-order valence-corrected chi connectivity index (χ3v) is 4.92. The lowest BCUT2D eigenvalue weighted by molar-refractivity contribution is -0.123. The number of carbonyl (C=O) groups is 1. The summed E-state index contributed by atoms with van der Waals surface area (Å²) in [6, 6.07) is 10.3. The van der Waals surface area contributed by atoms with Crippen LogP contribution in [0.5, 0.6) is 0 Å². The minimum absolute atomic E-state index is 0.0705. The number of carbonyl (C=O) groups excluding carboxylic acids is 1. The largest absolute Gasteiger partial charge is 0.355 e. The zero-order valence-corrected chi connectivity index (χ0v) is 15.0. The minimum atomic E-state index is -0.440. The first kappa shape index (κ1) is 16.4. The van der Waals surface area contributed by atoms with Gasteiger partial charge in [0.1, 0.15) is 5.78 Å². The molecule has 18 heavy (non-hydrogen) atoms. The predicted octanol–water partition coefficient (Wildman–Crippen LogP) is 4.38. The molecule has 1 atom stereocenters. The predicted molar refractivity (Wildman–Crippen MR) is 91.3 cm³/mol. The quantitative estimate of drug-likeness (QED) is 0.435. The van der Waals surface area contributed by atoms with Gasteiger partial charge >= 0.3 is 0 Å². The van der Waals surface area contributed by atoms with Crippen LogP contribution < -0.4 is 0 Å². The number of aryl methyl sites for hydroxylation is 1. The van der Waals surface area contributed by atoms with Crippen LogP contribution in [0.25, 0.3) is 0 Å². The molecule has 0 aliphatic carbocycles. The molecule has 1 unspecified atom stereocenters. The molecule has 0 aliphatic heterocycles. The molecule has 0 bridgehead atoms. The van der Waals surface area contributed by atoms with Crippen molar-refractivity contribution in [2.24, 2.45) is 5.92 Å². The molecule has 0 N–H and O–H groups in total. The van der Waals surface area contributed by atoms with Crippen LogP contribution in [0.2, 0.25) is 0 Å². The maximum Gasteiger partial charge on any atom is 0.179 e. The lowest BCUT2D eigenvalue weighted by atomic mass is 9.97. The van der Waals surface area contributed by atoms with E-state index in [1.165, 1.54) is 5.56 Å². The summed E-state index contributed by atoms with van der Waals surface area (Å²) in [6.45, 7) is 4.24. The topological polar surface area (TPSA) is 26.3 Å². The van der Waals surface area contributed by atoms with Gasteiger partial charge < -0.3 is 4.74 Å². The van der Waals surface area contributed by atoms with Gasteiger partial charge in [-0.25, -0.2) is 0 Å². The Labute approximate surface area is 136 Å². The summed E-state index contributed by atoms with van der Waals surface area (Å²) in [7, 11) is 0. The van der Waals surface area contributed by atoms with E-state index in [2.05, 4.69) is 57.3 Å². The SMILES string of the molecule is CCOC(I)(I)C(CCc1ccccc1)C(C)=O. The standard InChI is InChI=1S/C14H18I2O2/c1-3-18-14(15,16)13(11(2)17)10-9-12-7-5-4-6-8-12/h4-8,13H,3,9-10H2,1-2H3. The van der Waals surface area contributed by atoms with Crippen molar-refractivity contribution in [3.63, 3.8) is 0 Å². The Morgan fingerprint density at radius 2 is 1.94 bits per heavy atom. The van der Waals surface area contributed by atoms with E-state index in [0.29, 0.717) is 6.61 Å². The van der Waals surface area contributed by atoms with Gasteiger partial charge in [0, 0.05) is 6.61 Å². The molecule has 0 saturated carbocycles. The average Bonchev–Trinajstić information content (AvgIpc) is 2.29. The van der Waals surface area contributed by atoms with Gasteiger partial charge in [-0.3, -0.25) is 4.79 Å². The molecule has 0 aromatic heterocycles. The molecular formula is C14H18I2O2. The Kier molecular flexibility index (Phi) is 7.08. The minimum Gasteiger partial charge on any atom is -0.355 e. The molecule has 2 nitrogen and oxygen atoms in total. The van der Waals surface area contributed by atoms with Crippen LogP contribution in [0.1, 0.15) is 25.8 Å². The Bertz CT molecular complexity index is 377. The molecule has 0 spiro atoms. The normalized spacial score (nSPS) is 13.3. The third-order valence-electron chi connectivity index (χ3n) is 2.80. The van der Waals surface area contributed by atoms with Crippen molar-refractivity contribution in [3.8, 4) is 0 Å². The summed E-state index contributed by atoms with van der Waals surface area (Å²) in [6.07, 6.45) is 1.73. The number of hydrogen-bond acceptors (Lipinski definition) is 2.